The zero-order chi connectivity index (χ0) is 22.8. The highest BCUT2D eigenvalue weighted by Gasteiger charge is 2.25. The topological polar surface area (TPSA) is 111 Å². The maximum absolute atomic E-state index is 12.7. The van der Waals surface area contributed by atoms with Crippen LogP contribution in [0.5, 0.6) is 11.5 Å². The fraction of sp³-hybridized carbons (Fsp3) is 0.300. The average molecular weight is 485 g/mol. The first kappa shape index (κ1) is 23.2. The van der Waals surface area contributed by atoms with Crippen LogP contribution in [0.4, 0.5) is 11.4 Å². The largest absolute Gasteiger partial charge is 0.495 e. The van der Waals surface area contributed by atoms with Crippen molar-refractivity contribution in [2.75, 3.05) is 30.6 Å². The highest BCUT2D eigenvalue weighted by Crippen LogP contribution is 2.37. The lowest BCUT2D eigenvalue weighted by Crippen LogP contribution is -2.26. The van der Waals surface area contributed by atoms with Crippen LogP contribution in [0.1, 0.15) is 13.3 Å². The molecule has 0 spiro atoms. The molecular weight excluding hydrogens is 464 g/mol. The summed E-state index contributed by atoms with van der Waals surface area (Å²) in [6.45, 7) is 1.77. The Morgan fingerprint density at radius 2 is 1.90 bits per heavy atom. The molecule has 2 N–H and O–H groups in total. The second-order valence-electron chi connectivity index (χ2n) is 6.71. The Morgan fingerprint density at radius 3 is 2.58 bits per heavy atom. The third-order valence-corrected chi connectivity index (χ3v) is 7.77. The molecule has 2 aromatic carbocycles. The zero-order valence-corrected chi connectivity index (χ0v) is 19.4. The summed E-state index contributed by atoms with van der Waals surface area (Å²) in [6.07, 6.45) is -0.273. The van der Waals surface area contributed by atoms with E-state index in [9.17, 15) is 18.0 Å². The number of fused-ring (bicyclic) bond motifs is 1. The number of benzene rings is 2. The molecular formula is C20H21ClN2O6S2. The van der Waals surface area contributed by atoms with Gasteiger partial charge in [0.2, 0.25) is 11.8 Å². The molecule has 31 heavy (non-hydrogen) atoms. The van der Waals surface area contributed by atoms with Crippen molar-refractivity contribution in [3.05, 3.63) is 35.4 Å². The summed E-state index contributed by atoms with van der Waals surface area (Å²) in [5.74, 6) is -0.389. The van der Waals surface area contributed by atoms with E-state index in [1.165, 1.54) is 50.2 Å². The van der Waals surface area contributed by atoms with Crippen LogP contribution in [0.25, 0.3) is 0 Å². The van der Waals surface area contributed by atoms with Gasteiger partial charge in [0.15, 0.2) is 9.84 Å². The molecule has 1 atom stereocenters. The number of carbonyl (C=O) groups is 2. The molecule has 11 heteroatoms. The smallest absolute Gasteiger partial charge is 0.237 e. The number of anilines is 2. The standard InChI is InChI=1S/C20H21ClN2O6S2/c1-11-20(25)23-15-8-12(4-5-18(15)30-11)31(26,27)7-6-19(24)22-14-9-13(21)16(28-2)10-17(14)29-3/h4-5,8-11H,6-7H2,1-3H3,(H,22,24)(H,23,25)/t11-/m1/s1. The number of halogens is 1. The predicted octanol–water partition coefficient (Wildman–Crippen LogP) is 3.59. The third-order valence-electron chi connectivity index (χ3n) is 4.59. The molecule has 2 aromatic rings. The van der Waals surface area contributed by atoms with Crippen LogP contribution >= 0.6 is 23.4 Å². The van der Waals surface area contributed by atoms with Gasteiger partial charge in [0.25, 0.3) is 0 Å². The van der Waals surface area contributed by atoms with E-state index in [1.807, 2.05) is 0 Å². The van der Waals surface area contributed by atoms with Gasteiger partial charge in [-0.2, -0.15) is 0 Å². The van der Waals surface area contributed by atoms with Crippen molar-refractivity contribution in [2.24, 2.45) is 0 Å². The van der Waals surface area contributed by atoms with Gasteiger partial charge < -0.3 is 20.1 Å². The average Bonchev–Trinajstić information content (AvgIpc) is 2.73. The van der Waals surface area contributed by atoms with E-state index in [0.717, 1.165) is 4.90 Å². The van der Waals surface area contributed by atoms with E-state index in [4.69, 9.17) is 21.1 Å². The molecule has 0 aliphatic carbocycles. The molecule has 3 rings (SSSR count). The van der Waals surface area contributed by atoms with Crippen molar-refractivity contribution < 1.29 is 27.5 Å². The number of rotatable bonds is 7. The van der Waals surface area contributed by atoms with Crippen molar-refractivity contribution in [3.8, 4) is 11.5 Å². The van der Waals surface area contributed by atoms with Crippen molar-refractivity contribution >= 4 is 56.4 Å². The summed E-state index contributed by atoms with van der Waals surface area (Å²) in [5.41, 5.74) is 0.759. The van der Waals surface area contributed by atoms with Crippen LogP contribution in [-0.2, 0) is 19.4 Å². The number of hydrogen-bond acceptors (Lipinski definition) is 7. The van der Waals surface area contributed by atoms with E-state index >= 15 is 0 Å². The number of sulfone groups is 1. The number of thioether (sulfide) groups is 1. The molecule has 0 aromatic heterocycles. The summed E-state index contributed by atoms with van der Waals surface area (Å²) in [5, 5.41) is 5.34. The monoisotopic (exact) mass is 484 g/mol. The number of carbonyl (C=O) groups excluding carboxylic acids is 2. The lowest BCUT2D eigenvalue weighted by atomic mass is 10.2. The molecule has 0 radical (unpaired) electrons. The minimum atomic E-state index is -3.75. The fourth-order valence-electron chi connectivity index (χ4n) is 2.90. The maximum atomic E-state index is 12.7. The molecule has 1 aliphatic heterocycles. The van der Waals surface area contributed by atoms with Gasteiger partial charge in [-0.05, 0) is 31.2 Å². The molecule has 0 saturated carbocycles. The predicted molar refractivity (Wildman–Crippen MR) is 120 cm³/mol. The first-order chi connectivity index (χ1) is 14.6. The lowest BCUT2D eigenvalue weighted by Gasteiger charge is -2.21. The minimum absolute atomic E-state index is 0.0413. The first-order valence-electron chi connectivity index (χ1n) is 9.20. The summed E-state index contributed by atoms with van der Waals surface area (Å²) in [4.78, 5) is 25.1. The Labute approximate surface area is 189 Å². The Kier molecular flexibility index (Phi) is 7.03. The van der Waals surface area contributed by atoms with Crippen LogP contribution in [-0.4, -0.2) is 45.5 Å². The quantitative estimate of drug-likeness (QED) is 0.617. The second kappa shape index (κ2) is 9.37. The molecule has 0 bridgehead atoms. The molecule has 8 nitrogen and oxygen atoms in total. The molecule has 2 amide bonds. The van der Waals surface area contributed by atoms with Crippen LogP contribution in [0, 0.1) is 0 Å². The van der Waals surface area contributed by atoms with E-state index < -0.39 is 21.5 Å². The van der Waals surface area contributed by atoms with Crippen LogP contribution in [0.15, 0.2) is 40.1 Å². The van der Waals surface area contributed by atoms with Gasteiger partial charge in [-0.1, -0.05) is 11.6 Å². The van der Waals surface area contributed by atoms with Gasteiger partial charge in [0.05, 0.1) is 46.5 Å². The molecule has 166 valence electrons. The van der Waals surface area contributed by atoms with Gasteiger partial charge in [-0.15, -0.1) is 11.8 Å². The molecule has 1 heterocycles. The van der Waals surface area contributed by atoms with E-state index in [0.29, 0.717) is 22.9 Å². The van der Waals surface area contributed by atoms with Gasteiger partial charge in [-0.25, -0.2) is 8.42 Å². The first-order valence-corrected chi connectivity index (χ1v) is 12.1. The van der Waals surface area contributed by atoms with Crippen molar-refractivity contribution in [1.29, 1.82) is 0 Å². The van der Waals surface area contributed by atoms with Gasteiger partial charge in [0, 0.05) is 17.4 Å². The number of nitrogens with one attached hydrogen (secondary N) is 2. The highest BCUT2D eigenvalue weighted by atomic mass is 35.5. The third kappa shape index (κ3) is 5.25. The second-order valence-corrected chi connectivity index (χ2v) is 10.6. The van der Waals surface area contributed by atoms with Gasteiger partial charge in [0.1, 0.15) is 11.5 Å². The fourth-order valence-corrected chi connectivity index (χ4v) is 5.33. The summed E-state index contributed by atoms with van der Waals surface area (Å²) in [7, 11) is -0.865. The Balaban J connectivity index is 1.70. The SMILES string of the molecule is COc1cc(OC)c(NC(=O)CCS(=O)(=O)c2ccc3c(c2)NC(=O)[C@@H](C)S3)cc1Cl. The summed E-state index contributed by atoms with van der Waals surface area (Å²) in [6, 6.07) is 7.56. The van der Waals surface area contributed by atoms with E-state index in [1.54, 1.807) is 13.0 Å². The Morgan fingerprint density at radius 1 is 1.19 bits per heavy atom. The van der Waals surface area contributed by atoms with E-state index in [-0.39, 0.29) is 27.5 Å². The van der Waals surface area contributed by atoms with Crippen LogP contribution in [0.2, 0.25) is 5.02 Å². The maximum Gasteiger partial charge on any atom is 0.237 e. The highest BCUT2D eigenvalue weighted by molar-refractivity contribution is 8.01. The van der Waals surface area contributed by atoms with Crippen molar-refractivity contribution in [1.82, 2.24) is 0 Å². The van der Waals surface area contributed by atoms with Gasteiger partial charge in [-0.3, -0.25) is 9.59 Å². The number of amides is 2. The minimum Gasteiger partial charge on any atom is -0.495 e. The van der Waals surface area contributed by atoms with E-state index in [2.05, 4.69) is 10.6 Å². The van der Waals surface area contributed by atoms with Crippen molar-refractivity contribution in [2.45, 2.75) is 28.4 Å². The Hall–Kier alpha value is -2.43. The lowest BCUT2D eigenvalue weighted by molar-refractivity contribution is -0.116. The summed E-state index contributed by atoms with van der Waals surface area (Å²) < 4.78 is 35.8. The van der Waals surface area contributed by atoms with Crippen molar-refractivity contribution in [3.63, 3.8) is 0 Å². The normalized spacial score (nSPS) is 15.6. The zero-order valence-electron chi connectivity index (χ0n) is 17.0. The molecule has 0 saturated heterocycles. The number of ether oxygens (including phenoxy) is 2. The van der Waals surface area contributed by atoms with Crippen LogP contribution < -0.4 is 20.1 Å². The molecule has 1 aliphatic rings. The summed E-state index contributed by atoms with van der Waals surface area (Å²) >= 11 is 7.45. The molecule has 0 unspecified atom stereocenters. The number of methoxy groups -OCH3 is 2. The Bertz CT molecular complexity index is 1140. The van der Waals surface area contributed by atoms with Gasteiger partial charge >= 0.3 is 0 Å². The number of hydrogen-bond donors (Lipinski definition) is 2. The van der Waals surface area contributed by atoms with Crippen LogP contribution in [0.3, 0.4) is 0 Å². The molecule has 0 fully saturated rings.